The first-order valence-corrected chi connectivity index (χ1v) is 10.8. The second-order valence-electron chi connectivity index (χ2n) is 8.33. The number of carboxylic acids is 1. The van der Waals surface area contributed by atoms with Gasteiger partial charge in [0.05, 0.1) is 6.10 Å². The minimum atomic E-state index is -2.34. The average molecular weight is 516 g/mol. The van der Waals surface area contributed by atoms with Crippen LogP contribution in [0.1, 0.15) is 24.0 Å². The van der Waals surface area contributed by atoms with Crippen LogP contribution in [0.15, 0.2) is 48.6 Å². The first-order valence-electron chi connectivity index (χ1n) is 10.8. The van der Waals surface area contributed by atoms with Crippen LogP contribution in [0, 0.1) is 0 Å². The standard InChI is InChI=1S/C25H24O12/c26-15-5-1-13(9-17(15)28)3-7-21(31)36-20-12-25(24(34)35,11-19(30)23(20)33)37-22(32)8-4-14-2-6-16(27)18(29)10-14/h1-10,19-20,23,26-30,33H,11-12H2,(H,34,35)/b7-3+,8-4+/t19-,20-,23+,25?/m1/s1. The Kier molecular flexibility index (Phi) is 8.05. The third-order valence-electron chi connectivity index (χ3n) is 5.62. The summed E-state index contributed by atoms with van der Waals surface area (Å²) < 4.78 is 10.2. The number of aliphatic hydroxyl groups is 2. The Morgan fingerprint density at radius 1 is 0.784 bits per heavy atom. The maximum Gasteiger partial charge on any atom is 0.348 e. The highest BCUT2D eigenvalue weighted by atomic mass is 16.6. The predicted molar refractivity (Wildman–Crippen MR) is 125 cm³/mol. The number of aliphatic carboxylic acids is 1. The molecule has 4 atom stereocenters. The highest BCUT2D eigenvalue weighted by Crippen LogP contribution is 2.35. The summed E-state index contributed by atoms with van der Waals surface area (Å²) in [6, 6.07) is 7.44. The topological polar surface area (TPSA) is 211 Å². The number of hydrogen-bond acceptors (Lipinski definition) is 11. The Labute approximate surface area is 209 Å². The molecule has 2 aromatic rings. The van der Waals surface area contributed by atoms with Crippen LogP contribution >= 0.6 is 0 Å². The fourth-order valence-corrected chi connectivity index (χ4v) is 3.68. The smallest absolute Gasteiger partial charge is 0.348 e. The van der Waals surface area contributed by atoms with Crippen molar-refractivity contribution in [3.8, 4) is 23.0 Å². The van der Waals surface area contributed by atoms with Gasteiger partial charge >= 0.3 is 17.9 Å². The summed E-state index contributed by atoms with van der Waals surface area (Å²) in [5, 5.41) is 68.0. The number of aromatic hydroxyl groups is 4. The van der Waals surface area contributed by atoms with E-state index in [1.54, 1.807) is 0 Å². The number of benzene rings is 2. The highest BCUT2D eigenvalue weighted by molar-refractivity contribution is 5.91. The molecule has 12 nitrogen and oxygen atoms in total. The molecule has 7 N–H and O–H groups in total. The minimum absolute atomic E-state index is 0.288. The molecule has 0 bridgehead atoms. The van der Waals surface area contributed by atoms with Crippen molar-refractivity contribution >= 4 is 30.1 Å². The zero-order valence-corrected chi connectivity index (χ0v) is 19.1. The van der Waals surface area contributed by atoms with Gasteiger partial charge in [0.25, 0.3) is 0 Å². The molecule has 12 heteroatoms. The van der Waals surface area contributed by atoms with Gasteiger partial charge in [-0.2, -0.15) is 0 Å². The molecule has 196 valence electrons. The number of ether oxygens (including phenoxy) is 2. The van der Waals surface area contributed by atoms with E-state index in [2.05, 4.69) is 0 Å². The summed E-state index contributed by atoms with van der Waals surface area (Å²) in [7, 11) is 0. The number of hydrogen-bond donors (Lipinski definition) is 7. The zero-order valence-electron chi connectivity index (χ0n) is 19.1. The lowest BCUT2D eigenvalue weighted by molar-refractivity contribution is -0.207. The summed E-state index contributed by atoms with van der Waals surface area (Å²) in [4.78, 5) is 36.7. The van der Waals surface area contributed by atoms with Gasteiger partial charge in [-0.05, 0) is 47.5 Å². The Morgan fingerprint density at radius 2 is 1.30 bits per heavy atom. The van der Waals surface area contributed by atoms with E-state index >= 15 is 0 Å². The van der Waals surface area contributed by atoms with Crippen molar-refractivity contribution < 1.29 is 59.6 Å². The Bertz CT molecular complexity index is 1250. The molecule has 1 saturated carbocycles. The van der Waals surface area contributed by atoms with Gasteiger partial charge in [-0.1, -0.05) is 12.1 Å². The molecule has 0 spiro atoms. The van der Waals surface area contributed by atoms with E-state index in [1.807, 2.05) is 0 Å². The summed E-state index contributed by atoms with van der Waals surface area (Å²) in [5.41, 5.74) is -1.73. The van der Waals surface area contributed by atoms with Crippen molar-refractivity contribution in [1.29, 1.82) is 0 Å². The number of carboxylic acid groups (broad SMARTS) is 1. The van der Waals surface area contributed by atoms with E-state index in [9.17, 15) is 50.1 Å². The first-order chi connectivity index (χ1) is 17.4. The number of phenols is 4. The summed E-state index contributed by atoms with van der Waals surface area (Å²) in [6.07, 6.45) is -2.09. The molecule has 0 amide bonds. The van der Waals surface area contributed by atoms with Crippen LogP contribution < -0.4 is 0 Å². The van der Waals surface area contributed by atoms with Gasteiger partial charge in [-0.25, -0.2) is 14.4 Å². The zero-order chi connectivity index (χ0) is 27.3. The molecule has 1 fully saturated rings. The fourth-order valence-electron chi connectivity index (χ4n) is 3.68. The number of carbonyl (C=O) groups is 3. The second kappa shape index (κ2) is 11.0. The lowest BCUT2D eigenvalue weighted by atomic mass is 9.79. The van der Waals surface area contributed by atoms with Crippen LogP contribution in [0.2, 0.25) is 0 Å². The minimum Gasteiger partial charge on any atom is -0.504 e. The van der Waals surface area contributed by atoms with Crippen LogP contribution in [0.4, 0.5) is 0 Å². The van der Waals surface area contributed by atoms with Crippen LogP contribution in [-0.4, -0.2) is 77.6 Å². The lowest BCUT2D eigenvalue weighted by Crippen LogP contribution is -2.58. The molecule has 1 aliphatic rings. The molecule has 3 rings (SSSR count). The van der Waals surface area contributed by atoms with Gasteiger partial charge in [0.1, 0.15) is 12.2 Å². The van der Waals surface area contributed by atoms with Gasteiger partial charge in [0.2, 0.25) is 5.60 Å². The summed E-state index contributed by atoms with van der Waals surface area (Å²) in [6.45, 7) is 0. The second-order valence-corrected chi connectivity index (χ2v) is 8.33. The largest absolute Gasteiger partial charge is 0.504 e. The van der Waals surface area contributed by atoms with Crippen molar-refractivity contribution in [3.05, 3.63) is 59.7 Å². The van der Waals surface area contributed by atoms with Gasteiger partial charge in [-0.3, -0.25) is 0 Å². The van der Waals surface area contributed by atoms with E-state index in [-0.39, 0.29) is 17.1 Å². The lowest BCUT2D eigenvalue weighted by Gasteiger charge is -2.41. The monoisotopic (exact) mass is 516 g/mol. The maximum absolute atomic E-state index is 12.4. The van der Waals surface area contributed by atoms with Gasteiger partial charge in [0, 0.05) is 25.0 Å². The van der Waals surface area contributed by atoms with Crippen LogP contribution in [-0.2, 0) is 23.9 Å². The molecule has 1 aliphatic carbocycles. The van der Waals surface area contributed by atoms with Crippen LogP contribution in [0.25, 0.3) is 12.2 Å². The average Bonchev–Trinajstić information content (AvgIpc) is 2.83. The molecule has 37 heavy (non-hydrogen) atoms. The van der Waals surface area contributed by atoms with E-state index in [1.165, 1.54) is 42.5 Å². The molecule has 0 saturated heterocycles. The van der Waals surface area contributed by atoms with Crippen molar-refractivity contribution in [2.45, 2.75) is 36.8 Å². The molecule has 0 aromatic heterocycles. The first kappa shape index (κ1) is 27.0. The third kappa shape index (κ3) is 6.57. The Balaban J connectivity index is 1.73. The fraction of sp³-hybridized carbons (Fsp3) is 0.240. The predicted octanol–water partition coefficient (Wildman–Crippen LogP) is 1.03. The molecular formula is C25H24O12. The van der Waals surface area contributed by atoms with Crippen LogP contribution in [0.5, 0.6) is 23.0 Å². The highest BCUT2D eigenvalue weighted by Gasteiger charge is 2.54. The molecule has 0 aliphatic heterocycles. The van der Waals surface area contributed by atoms with E-state index in [0.29, 0.717) is 5.56 Å². The van der Waals surface area contributed by atoms with E-state index < -0.39 is 66.2 Å². The maximum atomic E-state index is 12.4. The number of phenolic OH excluding ortho intramolecular Hbond substituents is 4. The normalized spacial score (nSPS) is 23.7. The van der Waals surface area contributed by atoms with Crippen molar-refractivity contribution in [1.82, 2.24) is 0 Å². The Hall–Kier alpha value is -4.55. The number of esters is 2. The van der Waals surface area contributed by atoms with E-state index in [4.69, 9.17) is 9.47 Å². The van der Waals surface area contributed by atoms with E-state index in [0.717, 1.165) is 18.2 Å². The number of aliphatic hydroxyl groups excluding tert-OH is 2. The summed E-state index contributed by atoms with van der Waals surface area (Å²) in [5.74, 6) is -5.41. The van der Waals surface area contributed by atoms with Crippen molar-refractivity contribution in [2.75, 3.05) is 0 Å². The van der Waals surface area contributed by atoms with Crippen molar-refractivity contribution in [3.63, 3.8) is 0 Å². The Morgan fingerprint density at radius 3 is 1.78 bits per heavy atom. The van der Waals surface area contributed by atoms with Gasteiger partial charge in [0.15, 0.2) is 23.0 Å². The summed E-state index contributed by atoms with van der Waals surface area (Å²) >= 11 is 0. The molecule has 0 heterocycles. The van der Waals surface area contributed by atoms with Crippen LogP contribution in [0.3, 0.4) is 0 Å². The molecule has 1 unspecified atom stereocenters. The number of rotatable bonds is 7. The molecule has 2 aromatic carbocycles. The molecule has 0 radical (unpaired) electrons. The van der Waals surface area contributed by atoms with Gasteiger partial charge < -0.3 is 45.2 Å². The SMILES string of the molecule is O=C(/C=C/c1ccc(O)c(O)c1)O[C@@H]1CC(OC(=O)/C=C/c2ccc(O)c(O)c2)(C(=O)O)C[C@@H](O)[C@@H]1O. The quantitative estimate of drug-likeness (QED) is 0.156. The molecular weight excluding hydrogens is 492 g/mol. The van der Waals surface area contributed by atoms with Gasteiger partial charge in [-0.15, -0.1) is 0 Å². The van der Waals surface area contributed by atoms with Crippen molar-refractivity contribution in [2.24, 2.45) is 0 Å². The number of carbonyl (C=O) groups excluding carboxylic acids is 2. The third-order valence-corrected chi connectivity index (χ3v) is 5.62.